The minimum absolute atomic E-state index is 0.0787. The molecule has 4 heteroatoms. The topological polar surface area (TPSA) is 49.6 Å². The normalized spacial score (nSPS) is 25.5. The highest BCUT2D eigenvalue weighted by atomic mass is 16.2. The maximum Gasteiger partial charge on any atom is 0.240 e. The lowest BCUT2D eigenvalue weighted by molar-refractivity contribution is -0.133. The van der Waals surface area contributed by atoms with Crippen molar-refractivity contribution in [1.29, 1.82) is 0 Å². The zero-order valence-electron chi connectivity index (χ0n) is 7.08. The molecule has 2 N–H and O–H groups in total. The van der Waals surface area contributed by atoms with Crippen LogP contribution in [0.4, 0.5) is 0 Å². The molecule has 0 spiro atoms. The molecule has 0 unspecified atom stereocenters. The summed E-state index contributed by atoms with van der Waals surface area (Å²) in [5.41, 5.74) is 0. The van der Waals surface area contributed by atoms with Gasteiger partial charge in [0.05, 0.1) is 0 Å². The van der Waals surface area contributed by atoms with E-state index in [9.17, 15) is 4.79 Å². The third-order valence-corrected chi connectivity index (χ3v) is 2.02. The lowest BCUT2D eigenvalue weighted by Crippen LogP contribution is -2.45. The Morgan fingerprint density at radius 1 is 1.64 bits per heavy atom. The van der Waals surface area contributed by atoms with Crippen LogP contribution in [0.5, 0.6) is 0 Å². The zero-order chi connectivity index (χ0) is 8.43. The van der Waals surface area contributed by atoms with Gasteiger partial charge in [0.1, 0.15) is 6.04 Å². The molecule has 64 valence electrons. The Morgan fingerprint density at radius 3 is 2.64 bits per heavy atom. The highest BCUT2D eigenvalue weighted by Gasteiger charge is 2.29. The van der Waals surface area contributed by atoms with Crippen molar-refractivity contribution < 1.29 is 4.79 Å². The van der Waals surface area contributed by atoms with Crippen molar-refractivity contribution in [3.63, 3.8) is 0 Å². The lowest BCUT2D eigenvalue weighted by atomic mass is 10.2. The predicted octanol–water partition coefficient (Wildman–Crippen LogP) is -0.587. The quantitative estimate of drug-likeness (QED) is 0.518. The third-order valence-electron chi connectivity index (χ3n) is 2.02. The van der Waals surface area contributed by atoms with Gasteiger partial charge in [-0.05, 0) is 12.8 Å². The van der Waals surface area contributed by atoms with Gasteiger partial charge in [-0.2, -0.15) is 0 Å². The van der Waals surface area contributed by atoms with Gasteiger partial charge in [0.15, 0.2) is 0 Å². The molecule has 11 heavy (non-hydrogen) atoms. The monoisotopic (exact) mass is 157 g/mol. The fourth-order valence-electron chi connectivity index (χ4n) is 1.35. The molecule has 1 aliphatic heterocycles. The molecule has 0 aromatic carbocycles. The van der Waals surface area contributed by atoms with Gasteiger partial charge in [-0.15, -0.1) is 0 Å². The first-order valence-corrected chi connectivity index (χ1v) is 3.85. The Kier molecular flexibility index (Phi) is 2.46. The number of hydrogen-bond donors (Lipinski definition) is 1. The van der Waals surface area contributed by atoms with Crippen molar-refractivity contribution in [1.82, 2.24) is 9.91 Å². The summed E-state index contributed by atoms with van der Waals surface area (Å²) in [5.74, 6) is 5.72. The van der Waals surface area contributed by atoms with Crippen LogP contribution in [0.2, 0.25) is 0 Å². The summed E-state index contributed by atoms with van der Waals surface area (Å²) in [7, 11) is 3.52. The number of amides is 1. The van der Waals surface area contributed by atoms with E-state index >= 15 is 0 Å². The van der Waals surface area contributed by atoms with Gasteiger partial charge >= 0.3 is 0 Å². The summed E-state index contributed by atoms with van der Waals surface area (Å²) in [6.45, 7) is 0.838. The van der Waals surface area contributed by atoms with Crippen molar-refractivity contribution in [2.75, 3.05) is 20.6 Å². The second-order valence-corrected chi connectivity index (χ2v) is 3.13. The van der Waals surface area contributed by atoms with Crippen LogP contribution in [0.15, 0.2) is 0 Å². The zero-order valence-corrected chi connectivity index (χ0v) is 7.08. The van der Waals surface area contributed by atoms with E-state index in [1.165, 1.54) is 0 Å². The van der Waals surface area contributed by atoms with Crippen molar-refractivity contribution in [3.05, 3.63) is 0 Å². The Morgan fingerprint density at radius 2 is 2.27 bits per heavy atom. The third kappa shape index (κ3) is 1.70. The average molecular weight is 157 g/mol. The van der Waals surface area contributed by atoms with Crippen LogP contribution in [0, 0.1) is 0 Å². The number of carbonyl (C=O) groups excluding carboxylic acids is 1. The van der Waals surface area contributed by atoms with E-state index < -0.39 is 0 Å². The summed E-state index contributed by atoms with van der Waals surface area (Å²) in [6, 6.07) is -0.0787. The van der Waals surface area contributed by atoms with Gasteiger partial charge in [-0.1, -0.05) is 0 Å². The minimum Gasteiger partial charge on any atom is -0.347 e. The lowest BCUT2D eigenvalue weighted by Gasteiger charge is -2.21. The molecule has 1 saturated heterocycles. The van der Waals surface area contributed by atoms with E-state index in [0.29, 0.717) is 0 Å². The summed E-state index contributed by atoms with van der Waals surface area (Å²) in [4.78, 5) is 13.0. The summed E-state index contributed by atoms with van der Waals surface area (Å²) < 4.78 is 0. The van der Waals surface area contributed by atoms with E-state index in [4.69, 9.17) is 5.84 Å². The van der Waals surface area contributed by atoms with E-state index in [0.717, 1.165) is 19.4 Å². The van der Waals surface area contributed by atoms with Crippen molar-refractivity contribution in [3.8, 4) is 0 Å². The number of likely N-dealkylation sites (N-methyl/N-ethyl adjacent to an activating group) is 1. The molecule has 0 aromatic heterocycles. The number of carbonyl (C=O) groups is 1. The van der Waals surface area contributed by atoms with Crippen LogP contribution < -0.4 is 5.84 Å². The van der Waals surface area contributed by atoms with Crippen LogP contribution in [0.25, 0.3) is 0 Å². The number of nitrogens with two attached hydrogens (primary N) is 1. The van der Waals surface area contributed by atoms with Crippen molar-refractivity contribution in [2.45, 2.75) is 18.9 Å². The van der Waals surface area contributed by atoms with Gasteiger partial charge in [0.2, 0.25) is 5.91 Å². The van der Waals surface area contributed by atoms with Crippen molar-refractivity contribution >= 4 is 5.91 Å². The highest BCUT2D eigenvalue weighted by Crippen LogP contribution is 2.14. The van der Waals surface area contributed by atoms with E-state index in [-0.39, 0.29) is 11.9 Å². The first-order chi connectivity index (χ1) is 5.13. The largest absolute Gasteiger partial charge is 0.347 e. The average Bonchev–Trinajstić information content (AvgIpc) is 2.33. The number of hydrogen-bond acceptors (Lipinski definition) is 3. The molecule has 1 atom stereocenters. The standard InChI is InChI=1S/C7H15N3O/c1-9(2)7(11)6-4-3-5-10(6)8/h6H,3-5,8H2,1-2H3/t6-/m0/s1. The molecule has 1 rings (SSSR count). The second-order valence-electron chi connectivity index (χ2n) is 3.13. The number of nitrogens with zero attached hydrogens (tertiary/aromatic N) is 2. The maximum atomic E-state index is 11.4. The highest BCUT2D eigenvalue weighted by molar-refractivity contribution is 5.81. The smallest absolute Gasteiger partial charge is 0.240 e. The SMILES string of the molecule is CN(C)C(=O)[C@@H]1CCCN1N. The number of rotatable bonds is 1. The molecule has 1 amide bonds. The molecule has 1 heterocycles. The van der Waals surface area contributed by atoms with Gasteiger partial charge in [-0.3, -0.25) is 10.6 Å². The van der Waals surface area contributed by atoms with E-state index in [1.807, 2.05) is 0 Å². The van der Waals surface area contributed by atoms with Gasteiger partial charge in [0.25, 0.3) is 0 Å². The van der Waals surface area contributed by atoms with Crippen LogP contribution in [-0.2, 0) is 4.79 Å². The molecule has 0 bridgehead atoms. The number of hydrazine groups is 1. The van der Waals surface area contributed by atoms with Crippen LogP contribution in [0.3, 0.4) is 0 Å². The Bertz CT molecular complexity index is 158. The van der Waals surface area contributed by atoms with Crippen LogP contribution >= 0.6 is 0 Å². The molecule has 0 saturated carbocycles. The van der Waals surface area contributed by atoms with E-state index in [1.54, 1.807) is 24.0 Å². The van der Waals surface area contributed by atoms with Gasteiger partial charge in [-0.25, -0.2) is 5.01 Å². The molecule has 1 fully saturated rings. The molecular formula is C7H15N3O. The second kappa shape index (κ2) is 3.19. The molecule has 0 radical (unpaired) electrons. The molecule has 0 aromatic rings. The predicted molar refractivity (Wildman–Crippen MR) is 42.6 cm³/mol. The summed E-state index contributed by atoms with van der Waals surface area (Å²) in [5, 5.41) is 1.63. The van der Waals surface area contributed by atoms with E-state index in [2.05, 4.69) is 0 Å². The first-order valence-electron chi connectivity index (χ1n) is 3.85. The first kappa shape index (κ1) is 8.49. The summed E-state index contributed by atoms with van der Waals surface area (Å²) in [6.07, 6.45) is 1.92. The Hall–Kier alpha value is -0.610. The molecular weight excluding hydrogens is 142 g/mol. The van der Waals surface area contributed by atoms with Gasteiger partial charge < -0.3 is 4.90 Å². The fraction of sp³-hybridized carbons (Fsp3) is 0.857. The van der Waals surface area contributed by atoms with Gasteiger partial charge in [0, 0.05) is 20.6 Å². The minimum atomic E-state index is -0.0787. The van der Waals surface area contributed by atoms with Crippen molar-refractivity contribution in [2.24, 2.45) is 5.84 Å². The molecule has 4 nitrogen and oxygen atoms in total. The Labute approximate surface area is 66.9 Å². The Balaban J connectivity index is 2.53. The summed E-state index contributed by atoms with van der Waals surface area (Å²) >= 11 is 0. The molecule has 1 aliphatic rings. The van der Waals surface area contributed by atoms with Crippen LogP contribution in [-0.4, -0.2) is 42.5 Å². The fourth-order valence-corrected chi connectivity index (χ4v) is 1.35. The van der Waals surface area contributed by atoms with Crippen LogP contribution in [0.1, 0.15) is 12.8 Å². The maximum absolute atomic E-state index is 11.4. The molecule has 0 aliphatic carbocycles.